The normalized spacial score (nSPS) is 13.0. The molecular weight excluding hydrogens is 339 g/mol. The molecule has 0 heterocycles. The van der Waals surface area contributed by atoms with Gasteiger partial charge in [-0.15, -0.1) is 0 Å². The van der Waals surface area contributed by atoms with E-state index in [1.807, 2.05) is 13.8 Å². The third-order valence-corrected chi connectivity index (χ3v) is 3.92. The van der Waals surface area contributed by atoms with E-state index in [-0.39, 0.29) is 11.6 Å². The number of para-hydroxylation sites is 1. The molecule has 0 aromatic heterocycles. The molecule has 0 spiro atoms. The second-order valence-electron chi connectivity index (χ2n) is 5.81. The van der Waals surface area contributed by atoms with Crippen LogP contribution in [0.2, 0.25) is 5.02 Å². The molecule has 2 nitrogen and oxygen atoms in total. The topological polar surface area (TPSA) is 29.1 Å². The van der Waals surface area contributed by atoms with Crippen molar-refractivity contribution in [2.75, 3.05) is 5.32 Å². The van der Waals surface area contributed by atoms with Gasteiger partial charge in [-0.2, -0.15) is 13.2 Å². The molecule has 0 saturated carbocycles. The monoisotopic (exact) mass is 355 g/mol. The van der Waals surface area contributed by atoms with Crippen molar-refractivity contribution >= 4 is 23.2 Å². The first kappa shape index (κ1) is 18.3. The Balaban J connectivity index is 2.31. The van der Waals surface area contributed by atoms with Crippen LogP contribution in [0.1, 0.15) is 30.9 Å². The summed E-state index contributed by atoms with van der Waals surface area (Å²) in [6.45, 7) is 3.68. The molecule has 0 bridgehead atoms. The Morgan fingerprint density at radius 1 is 1.04 bits per heavy atom. The molecule has 0 unspecified atom stereocenters. The van der Waals surface area contributed by atoms with Gasteiger partial charge in [-0.3, -0.25) is 4.79 Å². The van der Waals surface area contributed by atoms with Crippen molar-refractivity contribution in [3.05, 3.63) is 64.7 Å². The van der Waals surface area contributed by atoms with Gasteiger partial charge in [-0.25, -0.2) is 0 Å². The standard InChI is InChI=1S/C18H17ClF3NO/c1-11(2)16(12-7-9-13(19)10-8-12)17(24)23-15-6-4-3-5-14(15)18(20,21)22/h3-11,16H,1-2H3,(H,23,24)/t16-/m0/s1. The molecule has 1 N–H and O–H groups in total. The number of halogens is 4. The Morgan fingerprint density at radius 2 is 1.62 bits per heavy atom. The fourth-order valence-electron chi connectivity index (χ4n) is 2.56. The van der Waals surface area contributed by atoms with E-state index in [0.29, 0.717) is 10.6 Å². The van der Waals surface area contributed by atoms with Crippen LogP contribution in [0.3, 0.4) is 0 Å². The first-order chi connectivity index (χ1) is 11.2. The number of nitrogens with one attached hydrogen (secondary N) is 1. The summed E-state index contributed by atoms with van der Waals surface area (Å²) in [5, 5.41) is 2.95. The molecule has 0 saturated heterocycles. The highest BCUT2D eigenvalue weighted by atomic mass is 35.5. The number of hydrogen-bond donors (Lipinski definition) is 1. The predicted molar refractivity (Wildman–Crippen MR) is 89.1 cm³/mol. The first-order valence-electron chi connectivity index (χ1n) is 7.42. The van der Waals surface area contributed by atoms with Gasteiger partial charge >= 0.3 is 6.18 Å². The van der Waals surface area contributed by atoms with Gasteiger partial charge in [-0.1, -0.05) is 49.7 Å². The van der Waals surface area contributed by atoms with Gasteiger partial charge < -0.3 is 5.32 Å². The summed E-state index contributed by atoms with van der Waals surface area (Å²) in [5.41, 5.74) is -0.400. The van der Waals surface area contributed by atoms with Gasteiger partial charge in [-0.05, 0) is 35.7 Å². The minimum Gasteiger partial charge on any atom is -0.325 e. The molecule has 2 aromatic rings. The van der Waals surface area contributed by atoms with Crippen molar-refractivity contribution in [3.8, 4) is 0 Å². The summed E-state index contributed by atoms with van der Waals surface area (Å²) >= 11 is 5.85. The van der Waals surface area contributed by atoms with Crippen LogP contribution in [0, 0.1) is 5.92 Å². The Kier molecular flexibility index (Phi) is 5.54. The lowest BCUT2D eigenvalue weighted by Crippen LogP contribution is -2.26. The molecule has 1 amide bonds. The van der Waals surface area contributed by atoms with Crippen molar-refractivity contribution in [1.29, 1.82) is 0 Å². The minimum absolute atomic E-state index is 0.0933. The average molecular weight is 356 g/mol. The number of carbonyl (C=O) groups is 1. The van der Waals surface area contributed by atoms with Gasteiger partial charge in [0.05, 0.1) is 17.2 Å². The summed E-state index contributed by atoms with van der Waals surface area (Å²) < 4.78 is 39.2. The third-order valence-electron chi connectivity index (χ3n) is 3.67. The maximum atomic E-state index is 13.1. The maximum absolute atomic E-state index is 13.1. The van der Waals surface area contributed by atoms with Crippen molar-refractivity contribution in [2.24, 2.45) is 5.92 Å². The molecular formula is C18H17ClF3NO. The molecule has 0 aliphatic rings. The molecule has 0 aliphatic carbocycles. The van der Waals surface area contributed by atoms with Crippen molar-refractivity contribution in [1.82, 2.24) is 0 Å². The van der Waals surface area contributed by atoms with Crippen LogP contribution in [0.4, 0.5) is 18.9 Å². The summed E-state index contributed by atoms with van der Waals surface area (Å²) in [6.07, 6.45) is -4.53. The zero-order chi connectivity index (χ0) is 17.9. The Labute approximate surface area is 143 Å². The smallest absolute Gasteiger partial charge is 0.325 e. The summed E-state index contributed by atoms with van der Waals surface area (Å²) in [6, 6.07) is 11.7. The predicted octanol–water partition coefficient (Wildman–Crippen LogP) is 5.74. The highest BCUT2D eigenvalue weighted by molar-refractivity contribution is 6.30. The quantitative estimate of drug-likeness (QED) is 0.744. The van der Waals surface area contributed by atoms with Gasteiger partial charge in [0.15, 0.2) is 0 Å². The molecule has 0 fully saturated rings. The number of alkyl halides is 3. The molecule has 1 atom stereocenters. The van der Waals surface area contributed by atoms with E-state index in [9.17, 15) is 18.0 Å². The maximum Gasteiger partial charge on any atom is 0.418 e. The lowest BCUT2D eigenvalue weighted by Gasteiger charge is -2.22. The van der Waals surface area contributed by atoms with Crippen LogP contribution in [-0.2, 0) is 11.0 Å². The van der Waals surface area contributed by atoms with Crippen LogP contribution in [0.5, 0.6) is 0 Å². The fourth-order valence-corrected chi connectivity index (χ4v) is 2.68. The second-order valence-corrected chi connectivity index (χ2v) is 6.24. The molecule has 2 rings (SSSR count). The molecule has 6 heteroatoms. The van der Waals surface area contributed by atoms with E-state index in [4.69, 9.17) is 11.6 Å². The minimum atomic E-state index is -4.53. The van der Waals surface area contributed by atoms with Gasteiger partial charge in [0, 0.05) is 5.02 Å². The van der Waals surface area contributed by atoms with Crippen molar-refractivity contribution < 1.29 is 18.0 Å². The molecule has 24 heavy (non-hydrogen) atoms. The van der Waals surface area contributed by atoms with E-state index in [1.165, 1.54) is 18.2 Å². The van der Waals surface area contributed by atoms with Crippen LogP contribution in [0.25, 0.3) is 0 Å². The van der Waals surface area contributed by atoms with Crippen molar-refractivity contribution in [2.45, 2.75) is 25.9 Å². The Hall–Kier alpha value is -2.01. The third kappa shape index (κ3) is 4.29. The number of benzene rings is 2. The van der Waals surface area contributed by atoms with Gasteiger partial charge in [0.25, 0.3) is 0 Å². The first-order valence-corrected chi connectivity index (χ1v) is 7.80. The zero-order valence-corrected chi connectivity index (χ0v) is 13.9. The number of amides is 1. The number of anilines is 1. The highest BCUT2D eigenvalue weighted by Gasteiger charge is 2.34. The van der Waals surface area contributed by atoms with E-state index in [2.05, 4.69) is 5.32 Å². The Bertz CT molecular complexity index is 711. The van der Waals surface area contributed by atoms with Crippen LogP contribution < -0.4 is 5.32 Å². The highest BCUT2D eigenvalue weighted by Crippen LogP contribution is 2.35. The van der Waals surface area contributed by atoms with E-state index in [1.54, 1.807) is 24.3 Å². The fraction of sp³-hybridized carbons (Fsp3) is 0.278. The Morgan fingerprint density at radius 3 is 2.17 bits per heavy atom. The summed E-state index contributed by atoms with van der Waals surface area (Å²) in [4.78, 5) is 12.6. The van der Waals surface area contributed by atoms with Gasteiger partial charge in [0.1, 0.15) is 0 Å². The number of carbonyl (C=O) groups excluding carboxylic acids is 1. The lowest BCUT2D eigenvalue weighted by atomic mass is 9.87. The molecule has 128 valence electrons. The number of rotatable bonds is 4. The zero-order valence-electron chi connectivity index (χ0n) is 13.2. The average Bonchev–Trinajstić information content (AvgIpc) is 2.48. The van der Waals surface area contributed by atoms with E-state index >= 15 is 0 Å². The molecule has 0 radical (unpaired) electrons. The largest absolute Gasteiger partial charge is 0.418 e. The lowest BCUT2D eigenvalue weighted by molar-refractivity contribution is -0.137. The van der Waals surface area contributed by atoms with Crippen LogP contribution >= 0.6 is 11.6 Å². The second kappa shape index (κ2) is 7.26. The molecule has 2 aromatic carbocycles. The SMILES string of the molecule is CC(C)[C@H](C(=O)Nc1ccccc1C(F)(F)F)c1ccc(Cl)cc1. The van der Waals surface area contributed by atoms with E-state index < -0.39 is 23.6 Å². The van der Waals surface area contributed by atoms with E-state index in [0.717, 1.165) is 6.07 Å². The molecule has 0 aliphatic heterocycles. The number of hydrogen-bond acceptors (Lipinski definition) is 1. The van der Waals surface area contributed by atoms with Crippen LogP contribution in [-0.4, -0.2) is 5.91 Å². The summed E-state index contributed by atoms with van der Waals surface area (Å²) in [5.74, 6) is -1.16. The van der Waals surface area contributed by atoms with Crippen molar-refractivity contribution in [3.63, 3.8) is 0 Å². The van der Waals surface area contributed by atoms with Gasteiger partial charge in [0.2, 0.25) is 5.91 Å². The van der Waals surface area contributed by atoms with Crippen LogP contribution in [0.15, 0.2) is 48.5 Å². The summed E-state index contributed by atoms with van der Waals surface area (Å²) in [7, 11) is 0.